The molecule has 2 heterocycles. The number of ether oxygens (including phenoxy) is 1. The van der Waals surface area contributed by atoms with E-state index in [1.54, 1.807) is 6.08 Å². The van der Waals surface area contributed by atoms with Gasteiger partial charge in [-0.1, -0.05) is 13.0 Å². The van der Waals surface area contributed by atoms with E-state index < -0.39 is 0 Å². The van der Waals surface area contributed by atoms with Gasteiger partial charge in [0.1, 0.15) is 0 Å². The van der Waals surface area contributed by atoms with Crippen molar-refractivity contribution >= 4 is 5.91 Å². The molecule has 2 saturated heterocycles. The van der Waals surface area contributed by atoms with Crippen LogP contribution in [0.5, 0.6) is 0 Å². The van der Waals surface area contributed by atoms with Gasteiger partial charge in [-0.25, -0.2) is 0 Å². The zero-order valence-electron chi connectivity index (χ0n) is 11.9. The Kier molecular flexibility index (Phi) is 5.40. The first-order valence-corrected chi connectivity index (χ1v) is 7.49. The molecular formula is C15H26N2O2. The first kappa shape index (κ1) is 14.5. The fourth-order valence-corrected chi connectivity index (χ4v) is 3.10. The van der Waals surface area contributed by atoms with Gasteiger partial charge in [-0.15, -0.1) is 0 Å². The molecule has 4 heteroatoms. The highest BCUT2D eigenvalue weighted by atomic mass is 16.5. The molecule has 0 aromatic carbocycles. The molecule has 0 spiro atoms. The van der Waals surface area contributed by atoms with E-state index in [4.69, 9.17) is 10.5 Å². The summed E-state index contributed by atoms with van der Waals surface area (Å²) in [7, 11) is 0. The number of hydrogen-bond acceptors (Lipinski definition) is 3. The minimum absolute atomic E-state index is 0.133. The molecule has 0 aromatic heterocycles. The van der Waals surface area contributed by atoms with E-state index in [1.807, 2.05) is 4.90 Å². The largest absolute Gasteiger partial charge is 0.381 e. The quantitative estimate of drug-likeness (QED) is 0.789. The molecule has 2 fully saturated rings. The normalized spacial score (nSPS) is 29.9. The number of piperidine rings is 1. The molecule has 0 aliphatic carbocycles. The second-order valence-electron chi connectivity index (χ2n) is 5.76. The highest BCUT2D eigenvalue weighted by Crippen LogP contribution is 2.23. The number of nitrogens with two attached hydrogens (primary N) is 1. The first-order valence-electron chi connectivity index (χ1n) is 7.49. The highest BCUT2D eigenvalue weighted by molar-refractivity contribution is 5.88. The minimum atomic E-state index is 0.133. The summed E-state index contributed by atoms with van der Waals surface area (Å²) in [5, 5.41) is 0. The molecule has 0 radical (unpaired) electrons. The van der Waals surface area contributed by atoms with E-state index in [0.29, 0.717) is 18.4 Å². The summed E-state index contributed by atoms with van der Waals surface area (Å²) in [5.41, 5.74) is 5.83. The molecular weight excluding hydrogens is 240 g/mol. The molecule has 1 amide bonds. The van der Waals surface area contributed by atoms with Gasteiger partial charge in [-0.2, -0.15) is 0 Å². The zero-order valence-corrected chi connectivity index (χ0v) is 11.9. The van der Waals surface area contributed by atoms with Crippen molar-refractivity contribution < 1.29 is 9.53 Å². The monoisotopic (exact) mass is 266 g/mol. The van der Waals surface area contributed by atoms with E-state index in [0.717, 1.165) is 39.0 Å². The van der Waals surface area contributed by atoms with Crippen LogP contribution < -0.4 is 5.73 Å². The standard InChI is InChI=1S/C15H26N2O2/c1-12-3-2-8-17(14(12)11-16)15(18)5-4-13-6-9-19-10-7-13/h4-5,12-14H,2-3,6-11,16H2,1H3. The molecule has 2 rings (SSSR count). The van der Waals surface area contributed by atoms with Crippen LogP contribution in [-0.2, 0) is 9.53 Å². The number of nitrogens with zero attached hydrogens (tertiary/aromatic N) is 1. The van der Waals surface area contributed by atoms with Gasteiger partial charge in [0.15, 0.2) is 0 Å². The second kappa shape index (κ2) is 7.06. The Balaban J connectivity index is 1.91. The van der Waals surface area contributed by atoms with Crippen LogP contribution in [0.25, 0.3) is 0 Å². The average molecular weight is 266 g/mol. The van der Waals surface area contributed by atoms with Crippen LogP contribution in [0.4, 0.5) is 0 Å². The maximum Gasteiger partial charge on any atom is 0.246 e. The van der Waals surface area contributed by atoms with Crippen LogP contribution in [0.3, 0.4) is 0 Å². The number of allylic oxidation sites excluding steroid dienone is 1. The number of carbonyl (C=O) groups is 1. The molecule has 0 bridgehead atoms. The number of likely N-dealkylation sites (tertiary alicyclic amines) is 1. The van der Waals surface area contributed by atoms with Gasteiger partial charge in [0.05, 0.1) is 0 Å². The number of rotatable bonds is 3. The number of hydrogen-bond donors (Lipinski definition) is 1. The van der Waals surface area contributed by atoms with E-state index in [-0.39, 0.29) is 11.9 Å². The van der Waals surface area contributed by atoms with Crippen molar-refractivity contribution in [1.29, 1.82) is 0 Å². The van der Waals surface area contributed by atoms with Gasteiger partial charge in [-0.3, -0.25) is 4.79 Å². The lowest BCUT2D eigenvalue weighted by Gasteiger charge is -2.39. The summed E-state index contributed by atoms with van der Waals surface area (Å²) < 4.78 is 5.33. The highest BCUT2D eigenvalue weighted by Gasteiger charge is 2.29. The Morgan fingerprint density at radius 3 is 2.79 bits per heavy atom. The molecule has 2 atom stereocenters. The summed E-state index contributed by atoms with van der Waals surface area (Å²) >= 11 is 0. The average Bonchev–Trinajstić information content (AvgIpc) is 2.45. The third kappa shape index (κ3) is 3.80. The van der Waals surface area contributed by atoms with Crippen LogP contribution in [0.2, 0.25) is 0 Å². The summed E-state index contributed by atoms with van der Waals surface area (Å²) in [6.45, 7) is 5.24. The second-order valence-corrected chi connectivity index (χ2v) is 5.76. The van der Waals surface area contributed by atoms with Crippen molar-refractivity contribution in [2.45, 2.75) is 38.6 Å². The Morgan fingerprint density at radius 2 is 2.11 bits per heavy atom. The summed E-state index contributed by atoms with van der Waals surface area (Å²) in [5.74, 6) is 1.14. The van der Waals surface area contributed by atoms with Crippen molar-refractivity contribution in [2.75, 3.05) is 26.3 Å². The van der Waals surface area contributed by atoms with Gasteiger partial charge in [0.2, 0.25) is 5.91 Å². The number of carbonyl (C=O) groups excluding carboxylic acids is 1. The predicted molar refractivity (Wildman–Crippen MR) is 75.6 cm³/mol. The summed E-state index contributed by atoms with van der Waals surface area (Å²) in [6, 6.07) is 0.209. The Hall–Kier alpha value is -0.870. The van der Waals surface area contributed by atoms with E-state index in [2.05, 4.69) is 13.0 Å². The van der Waals surface area contributed by atoms with Crippen LogP contribution in [0.1, 0.15) is 32.6 Å². The molecule has 2 aliphatic rings. The smallest absolute Gasteiger partial charge is 0.246 e. The van der Waals surface area contributed by atoms with Crippen molar-refractivity contribution in [3.05, 3.63) is 12.2 Å². The van der Waals surface area contributed by atoms with Gasteiger partial charge in [0.25, 0.3) is 0 Å². The molecule has 2 unspecified atom stereocenters. The predicted octanol–water partition coefficient (Wildman–Crippen LogP) is 1.55. The lowest BCUT2D eigenvalue weighted by Crippen LogP contribution is -2.50. The summed E-state index contributed by atoms with van der Waals surface area (Å²) in [6.07, 6.45) is 8.15. The fourth-order valence-electron chi connectivity index (χ4n) is 3.10. The fraction of sp³-hybridized carbons (Fsp3) is 0.800. The topological polar surface area (TPSA) is 55.6 Å². The summed E-state index contributed by atoms with van der Waals surface area (Å²) in [4.78, 5) is 14.3. The molecule has 2 aliphatic heterocycles. The van der Waals surface area contributed by atoms with Crippen molar-refractivity contribution in [3.63, 3.8) is 0 Å². The third-order valence-corrected chi connectivity index (χ3v) is 4.42. The van der Waals surface area contributed by atoms with Crippen molar-refractivity contribution in [2.24, 2.45) is 17.6 Å². The molecule has 19 heavy (non-hydrogen) atoms. The Morgan fingerprint density at radius 1 is 1.37 bits per heavy atom. The van der Waals surface area contributed by atoms with Crippen molar-refractivity contribution in [1.82, 2.24) is 4.90 Å². The molecule has 108 valence electrons. The zero-order chi connectivity index (χ0) is 13.7. The van der Waals surface area contributed by atoms with Gasteiger partial charge in [0, 0.05) is 32.3 Å². The third-order valence-electron chi connectivity index (χ3n) is 4.42. The molecule has 0 saturated carbocycles. The van der Waals surface area contributed by atoms with Crippen LogP contribution in [0, 0.1) is 11.8 Å². The van der Waals surface area contributed by atoms with Crippen LogP contribution in [0.15, 0.2) is 12.2 Å². The number of amides is 1. The van der Waals surface area contributed by atoms with E-state index in [9.17, 15) is 4.79 Å². The first-order chi connectivity index (χ1) is 9.22. The van der Waals surface area contributed by atoms with E-state index in [1.165, 1.54) is 6.42 Å². The van der Waals surface area contributed by atoms with E-state index >= 15 is 0 Å². The Bertz CT molecular complexity index is 324. The lowest BCUT2D eigenvalue weighted by atomic mass is 9.90. The molecule has 0 aromatic rings. The maximum atomic E-state index is 12.3. The Labute approximate surface area is 116 Å². The van der Waals surface area contributed by atoms with Gasteiger partial charge < -0.3 is 15.4 Å². The van der Waals surface area contributed by atoms with Gasteiger partial charge in [-0.05, 0) is 43.6 Å². The molecule has 4 nitrogen and oxygen atoms in total. The van der Waals surface area contributed by atoms with Crippen molar-refractivity contribution in [3.8, 4) is 0 Å². The van der Waals surface area contributed by atoms with Crippen LogP contribution in [-0.4, -0.2) is 43.2 Å². The van der Waals surface area contributed by atoms with Crippen LogP contribution >= 0.6 is 0 Å². The van der Waals surface area contributed by atoms with Gasteiger partial charge >= 0.3 is 0 Å². The maximum absolute atomic E-state index is 12.3. The SMILES string of the molecule is CC1CCCN(C(=O)C=CC2CCOCC2)C1CN. The lowest BCUT2D eigenvalue weighted by molar-refractivity contribution is -0.130. The molecule has 2 N–H and O–H groups in total. The minimum Gasteiger partial charge on any atom is -0.381 e.